The lowest BCUT2D eigenvalue weighted by Crippen LogP contribution is -1.97. The summed E-state index contributed by atoms with van der Waals surface area (Å²) < 4.78 is 11.1. The second-order valence-electron chi connectivity index (χ2n) is 2.15. The first-order chi connectivity index (χ1) is 5.04. The van der Waals surface area contributed by atoms with E-state index in [0.717, 1.165) is 24.6 Å². The molecule has 0 radical (unpaired) electrons. The van der Waals surface area contributed by atoms with Crippen LogP contribution in [0.15, 0.2) is 37.2 Å². The molecule has 11 heavy (non-hydrogen) atoms. The molecule has 0 spiro atoms. The topological polar surface area (TPSA) is 26.0 Å². The summed E-state index contributed by atoms with van der Waals surface area (Å²) in [6.07, 6.45) is 2.01. The minimum atomic E-state index is -0.481. The Morgan fingerprint density at radius 3 is 1.91 bits per heavy atom. The lowest BCUT2D eigenvalue weighted by atomic mass is 10.2. The molecule has 0 fully saturated rings. The van der Waals surface area contributed by atoms with E-state index in [1.54, 1.807) is 0 Å². The van der Waals surface area contributed by atoms with E-state index >= 15 is 0 Å². The van der Waals surface area contributed by atoms with Gasteiger partial charge in [-0.2, -0.15) is 0 Å². The molecule has 64 valence electrons. The fourth-order valence-electron chi connectivity index (χ4n) is 0.246. The number of hydrogen-bond donors (Lipinski definition) is 1. The maximum atomic E-state index is 11.1. The van der Waals surface area contributed by atoms with Gasteiger partial charge in [0.05, 0.1) is 0 Å². The van der Waals surface area contributed by atoms with Crippen molar-refractivity contribution < 1.29 is 4.39 Å². The molecule has 2 N–H and O–H groups in total. The van der Waals surface area contributed by atoms with Crippen LogP contribution in [-0.2, 0) is 0 Å². The van der Waals surface area contributed by atoms with Crippen LogP contribution in [0.5, 0.6) is 0 Å². The maximum Gasteiger partial charge on any atom is 0.115 e. The first-order valence-corrected chi connectivity index (χ1v) is 3.35. The number of allylic oxidation sites excluding steroid dienone is 2. The Bertz CT molecular complexity index is 138. The van der Waals surface area contributed by atoms with Gasteiger partial charge in [-0.05, 0) is 26.0 Å². The molecular weight excluding hydrogens is 141 g/mol. The first kappa shape index (κ1) is 12.8. The highest BCUT2D eigenvalue weighted by molar-refractivity contribution is 4.99. The number of hydrogen-bond acceptors (Lipinski definition) is 1. The summed E-state index contributed by atoms with van der Waals surface area (Å²) in [5.41, 5.74) is 6.33. The minimum Gasteiger partial charge on any atom is -0.330 e. The van der Waals surface area contributed by atoms with Crippen molar-refractivity contribution in [2.24, 2.45) is 5.73 Å². The van der Waals surface area contributed by atoms with Crippen LogP contribution in [0, 0.1) is 0 Å². The van der Waals surface area contributed by atoms with Crippen molar-refractivity contribution in [1.29, 1.82) is 0 Å². The SMILES string of the molecule is C=C(C)CCN.C=CC(=C)F. The molecule has 0 unspecified atom stereocenters. The van der Waals surface area contributed by atoms with Gasteiger partial charge in [0, 0.05) is 0 Å². The average Bonchev–Trinajstić information content (AvgIpc) is 1.89. The van der Waals surface area contributed by atoms with E-state index in [-0.39, 0.29) is 0 Å². The van der Waals surface area contributed by atoms with Crippen LogP contribution in [0.4, 0.5) is 4.39 Å². The molecule has 0 bridgehead atoms. The highest BCUT2D eigenvalue weighted by Gasteiger charge is 1.76. The van der Waals surface area contributed by atoms with E-state index in [4.69, 9.17) is 5.73 Å². The molecule has 0 aromatic heterocycles. The van der Waals surface area contributed by atoms with Crippen molar-refractivity contribution in [2.45, 2.75) is 13.3 Å². The Labute approximate surface area is 68.1 Å². The fraction of sp³-hybridized carbons (Fsp3) is 0.333. The number of rotatable bonds is 3. The van der Waals surface area contributed by atoms with Gasteiger partial charge in [-0.15, -0.1) is 6.58 Å². The van der Waals surface area contributed by atoms with E-state index in [1.807, 2.05) is 6.92 Å². The predicted molar refractivity (Wildman–Crippen MR) is 48.9 cm³/mol. The Balaban J connectivity index is 0. The highest BCUT2D eigenvalue weighted by Crippen LogP contribution is 1.88. The molecule has 0 aromatic rings. The van der Waals surface area contributed by atoms with Gasteiger partial charge in [0.15, 0.2) is 0 Å². The van der Waals surface area contributed by atoms with Crippen LogP contribution < -0.4 is 5.73 Å². The minimum absolute atomic E-state index is 0.481. The summed E-state index contributed by atoms with van der Waals surface area (Å²) in [7, 11) is 0. The Morgan fingerprint density at radius 1 is 1.55 bits per heavy atom. The molecule has 2 heteroatoms. The van der Waals surface area contributed by atoms with Crippen molar-refractivity contribution in [2.75, 3.05) is 6.54 Å². The summed E-state index contributed by atoms with van der Waals surface area (Å²) in [5.74, 6) is -0.481. The van der Waals surface area contributed by atoms with Gasteiger partial charge in [0.25, 0.3) is 0 Å². The first-order valence-electron chi connectivity index (χ1n) is 3.35. The largest absolute Gasteiger partial charge is 0.330 e. The third-order valence-electron chi connectivity index (χ3n) is 0.793. The van der Waals surface area contributed by atoms with Gasteiger partial charge in [0.1, 0.15) is 5.83 Å². The Morgan fingerprint density at radius 2 is 1.91 bits per heavy atom. The van der Waals surface area contributed by atoms with Crippen LogP contribution >= 0.6 is 0 Å². The van der Waals surface area contributed by atoms with Crippen LogP contribution in [0.1, 0.15) is 13.3 Å². The lowest BCUT2D eigenvalue weighted by molar-refractivity contribution is 0.672. The molecule has 1 nitrogen and oxygen atoms in total. The zero-order valence-corrected chi connectivity index (χ0v) is 7.07. The zero-order chi connectivity index (χ0) is 9.28. The third-order valence-corrected chi connectivity index (χ3v) is 0.793. The number of nitrogens with two attached hydrogens (primary N) is 1. The number of halogens is 1. The fourth-order valence-corrected chi connectivity index (χ4v) is 0.246. The molecular formula is C9H16FN. The standard InChI is InChI=1S/C5H11N.C4H5F/c1-5(2)3-4-6;1-3-4(2)5/h1,3-4,6H2,2H3;3H,1-2H2. The van der Waals surface area contributed by atoms with Crippen molar-refractivity contribution in [1.82, 2.24) is 0 Å². The summed E-state index contributed by atoms with van der Waals surface area (Å²) in [5, 5.41) is 0. The molecule has 0 rings (SSSR count). The van der Waals surface area contributed by atoms with Crippen molar-refractivity contribution >= 4 is 0 Å². The molecule has 0 aromatic carbocycles. The Hall–Kier alpha value is -0.890. The van der Waals surface area contributed by atoms with Crippen LogP contribution in [0.3, 0.4) is 0 Å². The van der Waals surface area contributed by atoms with Crippen LogP contribution in [-0.4, -0.2) is 6.54 Å². The maximum absolute atomic E-state index is 11.1. The van der Waals surface area contributed by atoms with Gasteiger partial charge in [-0.3, -0.25) is 0 Å². The summed E-state index contributed by atoms with van der Waals surface area (Å²) in [4.78, 5) is 0. The van der Waals surface area contributed by atoms with E-state index in [9.17, 15) is 4.39 Å². The molecule has 0 amide bonds. The molecule has 0 heterocycles. The highest BCUT2D eigenvalue weighted by atomic mass is 19.1. The van der Waals surface area contributed by atoms with Crippen LogP contribution in [0.2, 0.25) is 0 Å². The van der Waals surface area contributed by atoms with E-state index < -0.39 is 5.83 Å². The van der Waals surface area contributed by atoms with Gasteiger partial charge < -0.3 is 5.73 Å². The van der Waals surface area contributed by atoms with E-state index in [2.05, 4.69) is 19.7 Å². The van der Waals surface area contributed by atoms with Gasteiger partial charge in [-0.1, -0.05) is 18.7 Å². The van der Waals surface area contributed by atoms with Gasteiger partial charge in [0.2, 0.25) is 0 Å². The second-order valence-corrected chi connectivity index (χ2v) is 2.15. The average molecular weight is 157 g/mol. The molecule has 0 atom stereocenters. The summed E-state index contributed by atoms with van der Waals surface area (Å²) >= 11 is 0. The van der Waals surface area contributed by atoms with E-state index in [0.29, 0.717) is 0 Å². The quantitative estimate of drug-likeness (QED) is 0.494. The van der Waals surface area contributed by atoms with Crippen molar-refractivity contribution in [3.8, 4) is 0 Å². The predicted octanol–water partition coefficient (Wildman–Crippen LogP) is 2.57. The van der Waals surface area contributed by atoms with Gasteiger partial charge in [-0.25, -0.2) is 4.39 Å². The lowest BCUT2D eigenvalue weighted by Gasteiger charge is -1.87. The zero-order valence-electron chi connectivity index (χ0n) is 7.07. The van der Waals surface area contributed by atoms with Crippen molar-refractivity contribution in [3.05, 3.63) is 37.2 Å². The monoisotopic (exact) mass is 157 g/mol. The molecule has 0 aliphatic heterocycles. The smallest absolute Gasteiger partial charge is 0.115 e. The third kappa shape index (κ3) is 27.3. The second kappa shape index (κ2) is 9.11. The molecule has 0 saturated heterocycles. The van der Waals surface area contributed by atoms with Crippen LogP contribution in [0.25, 0.3) is 0 Å². The normalized spacial score (nSPS) is 7.55. The molecule has 0 saturated carbocycles. The summed E-state index contributed by atoms with van der Waals surface area (Å²) in [6, 6.07) is 0. The summed E-state index contributed by atoms with van der Waals surface area (Å²) in [6.45, 7) is 12.3. The Kier molecular flexibility index (Phi) is 10.6. The molecule has 0 aliphatic rings. The van der Waals surface area contributed by atoms with E-state index in [1.165, 1.54) is 0 Å². The van der Waals surface area contributed by atoms with Gasteiger partial charge >= 0.3 is 0 Å². The molecule has 0 aliphatic carbocycles. The van der Waals surface area contributed by atoms with Crippen molar-refractivity contribution in [3.63, 3.8) is 0 Å².